The highest BCUT2D eigenvalue weighted by Crippen LogP contribution is 2.11. The van der Waals surface area contributed by atoms with Gasteiger partial charge in [-0.05, 0) is 13.5 Å². The van der Waals surface area contributed by atoms with Crippen LogP contribution in [-0.2, 0) is 6.54 Å². The van der Waals surface area contributed by atoms with Crippen molar-refractivity contribution < 1.29 is 5.21 Å². The number of oxime groups is 1. The summed E-state index contributed by atoms with van der Waals surface area (Å²) in [6.45, 7) is 8.54. The normalized spacial score (nSPS) is 14.2. The minimum atomic E-state index is 0.0414. The molecule has 0 saturated heterocycles. The molecule has 0 spiro atoms. The fourth-order valence-corrected chi connectivity index (χ4v) is 2.20. The number of nitrogens with zero attached hydrogens (tertiary/aromatic N) is 3. The van der Waals surface area contributed by atoms with E-state index in [0.717, 1.165) is 30.3 Å². The van der Waals surface area contributed by atoms with Gasteiger partial charge < -0.3 is 10.9 Å². The predicted octanol–water partition coefficient (Wildman–Crippen LogP) is 1.66. The van der Waals surface area contributed by atoms with E-state index >= 15 is 0 Å². The molecule has 1 unspecified atom stereocenters. The topological polar surface area (TPSA) is 74.7 Å². The van der Waals surface area contributed by atoms with Crippen LogP contribution in [0.4, 0.5) is 0 Å². The Morgan fingerprint density at radius 2 is 2.41 bits per heavy atom. The summed E-state index contributed by atoms with van der Waals surface area (Å²) < 4.78 is 0. The van der Waals surface area contributed by atoms with Crippen molar-refractivity contribution in [2.45, 2.75) is 27.3 Å². The molecule has 17 heavy (non-hydrogen) atoms. The van der Waals surface area contributed by atoms with E-state index in [0.29, 0.717) is 0 Å². The van der Waals surface area contributed by atoms with Gasteiger partial charge >= 0.3 is 0 Å². The molecule has 0 saturated carbocycles. The summed E-state index contributed by atoms with van der Waals surface area (Å²) in [7, 11) is 0. The molecule has 0 aliphatic heterocycles. The van der Waals surface area contributed by atoms with E-state index in [2.05, 4.69) is 27.3 Å². The van der Waals surface area contributed by atoms with E-state index in [1.807, 2.05) is 13.8 Å². The summed E-state index contributed by atoms with van der Waals surface area (Å²) in [5.41, 5.74) is 6.66. The van der Waals surface area contributed by atoms with Crippen molar-refractivity contribution in [2.75, 3.05) is 13.1 Å². The zero-order valence-corrected chi connectivity index (χ0v) is 11.4. The van der Waals surface area contributed by atoms with Crippen molar-refractivity contribution in [2.24, 2.45) is 16.8 Å². The molecule has 96 valence electrons. The molecule has 5 nitrogen and oxygen atoms in total. The Morgan fingerprint density at radius 3 is 2.88 bits per heavy atom. The molecule has 1 rings (SSSR count). The maximum absolute atomic E-state index is 8.62. The van der Waals surface area contributed by atoms with Gasteiger partial charge in [0.25, 0.3) is 0 Å². The SMILES string of the molecule is CCN(Cc1csc(C)n1)CC(C)C(N)=NO. The standard InChI is InChI=1S/C11H20N4OS/c1-4-15(5-8(2)11(12)14-16)6-10-7-17-9(3)13-10/h7-8,16H,4-6H2,1-3H3,(H2,12,14). The van der Waals surface area contributed by atoms with Crippen molar-refractivity contribution in [1.29, 1.82) is 0 Å². The maximum Gasteiger partial charge on any atom is 0.143 e. The molecule has 6 heteroatoms. The number of aromatic nitrogens is 1. The van der Waals surface area contributed by atoms with Gasteiger partial charge in [-0.3, -0.25) is 4.90 Å². The minimum absolute atomic E-state index is 0.0414. The van der Waals surface area contributed by atoms with Gasteiger partial charge in [0.2, 0.25) is 0 Å². The zero-order chi connectivity index (χ0) is 12.8. The number of hydrogen-bond donors (Lipinski definition) is 2. The third-order valence-electron chi connectivity index (χ3n) is 2.65. The van der Waals surface area contributed by atoms with Crippen LogP contribution in [0.2, 0.25) is 0 Å². The second-order valence-corrected chi connectivity index (χ2v) is 5.17. The summed E-state index contributed by atoms with van der Waals surface area (Å²) >= 11 is 1.66. The fourth-order valence-electron chi connectivity index (χ4n) is 1.59. The van der Waals surface area contributed by atoms with E-state index in [9.17, 15) is 0 Å². The molecule has 0 aliphatic carbocycles. The first-order valence-electron chi connectivity index (χ1n) is 5.67. The second-order valence-electron chi connectivity index (χ2n) is 4.11. The van der Waals surface area contributed by atoms with Gasteiger partial charge in [0.1, 0.15) is 5.84 Å². The monoisotopic (exact) mass is 256 g/mol. The molecule has 1 atom stereocenters. The van der Waals surface area contributed by atoms with Crippen molar-refractivity contribution in [3.05, 3.63) is 16.1 Å². The Morgan fingerprint density at radius 1 is 1.71 bits per heavy atom. The Balaban J connectivity index is 2.54. The molecule has 1 aromatic rings. The lowest BCUT2D eigenvalue weighted by Gasteiger charge is -2.22. The Hall–Kier alpha value is -1.14. The van der Waals surface area contributed by atoms with Crippen molar-refractivity contribution >= 4 is 17.2 Å². The van der Waals surface area contributed by atoms with Crippen LogP contribution in [0.25, 0.3) is 0 Å². The van der Waals surface area contributed by atoms with Crippen molar-refractivity contribution in [1.82, 2.24) is 9.88 Å². The number of hydrogen-bond acceptors (Lipinski definition) is 5. The zero-order valence-electron chi connectivity index (χ0n) is 10.6. The summed E-state index contributed by atoms with van der Waals surface area (Å²) in [5, 5.41) is 14.8. The predicted molar refractivity (Wildman–Crippen MR) is 70.4 cm³/mol. The first-order chi connectivity index (χ1) is 8.06. The fraction of sp³-hybridized carbons (Fsp3) is 0.636. The molecule has 0 fully saturated rings. The van der Waals surface area contributed by atoms with Crippen molar-refractivity contribution in [3.63, 3.8) is 0 Å². The third-order valence-corrected chi connectivity index (χ3v) is 3.47. The van der Waals surface area contributed by atoms with Gasteiger partial charge in [-0.25, -0.2) is 4.98 Å². The summed E-state index contributed by atoms with van der Waals surface area (Å²) in [6.07, 6.45) is 0. The largest absolute Gasteiger partial charge is 0.409 e. The van der Waals surface area contributed by atoms with E-state index in [-0.39, 0.29) is 11.8 Å². The average molecular weight is 256 g/mol. The molecule has 0 bridgehead atoms. The maximum atomic E-state index is 8.62. The minimum Gasteiger partial charge on any atom is -0.409 e. The number of thiazole rings is 1. The van der Waals surface area contributed by atoms with Gasteiger partial charge in [-0.1, -0.05) is 19.0 Å². The second kappa shape index (κ2) is 6.56. The molecule has 1 aromatic heterocycles. The summed E-state index contributed by atoms with van der Waals surface area (Å²) in [4.78, 5) is 6.67. The lowest BCUT2D eigenvalue weighted by Crippen LogP contribution is -2.34. The smallest absolute Gasteiger partial charge is 0.143 e. The first-order valence-corrected chi connectivity index (χ1v) is 6.55. The van der Waals surface area contributed by atoms with E-state index in [1.165, 1.54) is 0 Å². The van der Waals surface area contributed by atoms with Gasteiger partial charge in [0.15, 0.2) is 0 Å². The lowest BCUT2D eigenvalue weighted by molar-refractivity contribution is 0.255. The highest BCUT2D eigenvalue weighted by Gasteiger charge is 2.13. The molecular weight excluding hydrogens is 236 g/mol. The van der Waals surface area contributed by atoms with Gasteiger partial charge in [0, 0.05) is 24.4 Å². The van der Waals surface area contributed by atoms with Crippen LogP contribution in [0.1, 0.15) is 24.5 Å². The van der Waals surface area contributed by atoms with Crippen LogP contribution < -0.4 is 5.73 Å². The molecular formula is C11H20N4OS. The van der Waals surface area contributed by atoms with Crippen LogP contribution in [0.5, 0.6) is 0 Å². The highest BCUT2D eigenvalue weighted by molar-refractivity contribution is 7.09. The summed E-state index contributed by atoms with van der Waals surface area (Å²) in [5.74, 6) is 0.317. The number of nitrogens with two attached hydrogens (primary N) is 1. The lowest BCUT2D eigenvalue weighted by atomic mass is 10.1. The quantitative estimate of drug-likeness (QED) is 0.351. The Labute approximate surface area is 106 Å². The van der Waals surface area contributed by atoms with Crippen LogP contribution in [0, 0.1) is 12.8 Å². The molecule has 0 aromatic carbocycles. The Kier molecular flexibility index (Phi) is 5.37. The van der Waals surface area contributed by atoms with Crippen LogP contribution >= 0.6 is 11.3 Å². The van der Waals surface area contributed by atoms with Crippen LogP contribution in [0.3, 0.4) is 0 Å². The van der Waals surface area contributed by atoms with E-state index in [4.69, 9.17) is 10.9 Å². The third kappa shape index (κ3) is 4.32. The van der Waals surface area contributed by atoms with Gasteiger partial charge in [0.05, 0.1) is 10.7 Å². The number of amidine groups is 1. The number of rotatable bonds is 6. The molecule has 0 aliphatic rings. The number of aryl methyl sites for hydroxylation is 1. The first kappa shape index (κ1) is 13.9. The Bertz CT molecular complexity index is 377. The average Bonchev–Trinajstić information content (AvgIpc) is 2.72. The molecule has 0 radical (unpaired) electrons. The van der Waals surface area contributed by atoms with E-state index in [1.54, 1.807) is 11.3 Å². The highest BCUT2D eigenvalue weighted by atomic mass is 32.1. The van der Waals surface area contributed by atoms with Crippen LogP contribution in [0.15, 0.2) is 10.5 Å². The van der Waals surface area contributed by atoms with E-state index < -0.39 is 0 Å². The summed E-state index contributed by atoms with van der Waals surface area (Å²) in [6, 6.07) is 0. The van der Waals surface area contributed by atoms with Gasteiger partial charge in [-0.2, -0.15) is 0 Å². The molecule has 1 heterocycles. The molecule has 3 N–H and O–H groups in total. The van der Waals surface area contributed by atoms with Gasteiger partial charge in [-0.15, -0.1) is 11.3 Å². The van der Waals surface area contributed by atoms with Crippen molar-refractivity contribution in [3.8, 4) is 0 Å². The molecule has 0 amide bonds. The van der Waals surface area contributed by atoms with Crippen LogP contribution in [-0.4, -0.2) is 34.0 Å².